The topological polar surface area (TPSA) is 58.9 Å². The predicted molar refractivity (Wildman–Crippen MR) is 99.5 cm³/mol. The number of pyridine rings is 2. The van der Waals surface area contributed by atoms with Gasteiger partial charge in [-0.05, 0) is 37.6 Å². The number of anilines is 1. The highest BCUT2D eigenvalue weighted by Crippen LogP contribution is 2.28. The summed E-state index contributed by atoms with van der Waals surface area (Å²) in [6, 6.07) is 8.48. The number of hydrogen-bond donors (Lipinski definition) is 1. The summed E-state index contributed by atoms with van der Waals surface area (Å²) in [6.45, 7) is 3.09. The van der Waals surface area contributed by atoms with Gasteiger partial charge in [-0.3, -0.25) is 9.58 Å². The maximum atomic E-state index is 4.88. The van der Waals surface area contributed by atoms with Crippen LogP contribution in [0.3, 0.4) is 0 Å². The second-order valence-electron chi connectivity index (χ2n) is 6.75. The van der Waals surface area contributed by atoms with Crippen LogP contribution >= 0.6 is 0 Å². The van der Waals surface area contributed by atoms with Crippen molar-refractivity contribution in [3.63, 3.8) is 0 Å². The van der Waals surface area contributed by atoms with E-state index in [-0.39, 0.29) is 0 Å². The molecular weight excluding hydrogens is 312 g/mol. The number of aryl methyl sites for hydroxylation is 1. The van der Waals surface area contributed by atoms with Gasteiger partial charge >= 0.3 is 0 Å². The van der Waals surface area contributed by atoms with Crippen molar-refractivity contribution in [1.82, 2.24) is 24.6 Å². The van der Waals surface area contributed by atoms with E-state index in [1.54, 1.807) is 0 Å². The lowest BCUT2D eigenvalue weighted by Gasteiger charge is -2.32. The third-order valence-electron chi connectivity index (χ3n) is 5.05. The van der Waals surface area contributed by atoms with Crippen molar-refractivity contribution < 1.29 is 0 Å². The summed E-state index contributed by atoms with van der Waals surface area (Å²) >= 11 is 0. The van der Waals surface area contributed by atoms with Gasteiger partial charge in [0.2, 0.25) is 0 Å². The number of nitrogens with zero attached hydrogens (tertiary/aromatic N) is 5. The first kappa shape index (κ1) is 16.0. The Morgan fingerprint density at radius 2 is 2.20 bits per heavy atom. The monoisotopic (exact) mass is 336 g/mol. The lowest BCUT2D eigenvalue weighted by atomic mass is 9.94. The van der Waals surface area contributed by atoms with Crippen molar-refractivity contribution >= 4 is 16.9 Å². The van der Waals surface area contributed by atoms with E-state index in [0.29, 0.717) is 5.92 Å². The van der Waals surface area contributed by atoms with Crippen LogP contribution in [0.2, 0.25) is 0 Å². The van der Waals surface area contributed by atoms with Crippen LogP contribution in [0.1, 0.15) is 30.0 Å². The van der Waals surface area contributed by atoms with Crippen molar-refractivity contribution in [2.75, 3.05) is 25.5 Å². The Morgan fingerprint density at radius 1 is 1.28 bits per heavy atom. The van der Waals surface area contributed by atoms with Gasteiger partial charge < -0.3 is 5.32 Å². The maximum absolute atomic E-state index is 4.88. The summed E-state index contributed by atoms with van der Waals surface area (Å²) in [5.41, 5.74) is 3.40. The van der Waals surface area contributed by atoms with Crippen LogP contribution in [0.15, 0.2) is 36.7 Å². The molecule has 0 saturated carbocycles. The number of fused-ring (bicyclic) bond motifs is 1. The number of hydrogen-bond acceptors (Lipinski definition) is 5. The first-order chi connectivity index (χ1) is 12.2. The molecule has 6 heteroatoms. The van der Waals surface area contributed by atoms with Crippen LogP contribution in [0.4, 0.5) is 5.82 Å². The average Bonchev–Trinajstić information content (AvgIpc) is 3.03. The van der Waals surface area contributed by atoms with Crippen molar-refractivity contribution in [3.05, 3.63) is 47.9 Å². The van der Waals surface area contributed by atoms with E-state index in [9.17, 15) is 0 Å². The number of nitrogens with one attached hydrogen (secondary N) is 1. The van der Waals surface area contributed by atoms with Gasteiger partial charge in [0.25, 0.3) is 0 Å². The van der Waals surface area contributed by atoms with Crippen LogP contribution < -0.4 is 5.32 Å². The molecule has 3 aromatic rings. The molecular formula is C19H24N6. The fraction of sp³-hybridized carbons (Fsp3) is 0.421. The van der Waals surface area contributed by atoms with Gasteiger partial charge in [-0.2, -0.15) is 5.10 Å². The predicted octanol–water partition coefficient (Wildman–Crippen LogP) is 2.78. The van der Waals surface area contributed by atoms with Crippen molar-refractivity contribution in [3.8, 4) is 0 Å². The summed E-state index contributed by atoms with van der Waals surface area (Å²) < 4.78 is 1.86. The Bertz CT molecular complexity index is 871. The molecule has 6 nitrogen and oxygen atoms in total. The van der Waals surface area contributed by atoms with Crippen LogP contribution in [0.25, 0.3) is 11.0 Å². The normalized spacial score (nSPS) is 18.6. The highest BCUT2D eigenvalue weighted by Gasteiger charge is 2.23. The van der Waals surface area contributed by atoms with Gasteiger partial charge in [-0.15, -0.1) is 0 Å². The zero-order chi connectivity index (χ0) is 17.2. The van der Waals surface area contributed by atoms with Crippen LogP contribution in [-0.2, 0) is 13.6 Å². The molecule has 0 unspecified atom stereocenters. The molecule has 1 fully saturated rings. The second-order valence-corrected chi connectivity index (χ2v) is 6.75. The SMILES string of the molecule is CNc1ncccc1CN1CCC[C@H](c2ccc3cnn(C)c3n2)C1. The van der Waals surface area contributed by atoms with Gasteiger partial charge in [0.15, 0.2) is 5.65 Å². The fourth-order valence-corrected chi connectivity index (χ4v) is 3.74. The summed E-state index contributed by atoms with van der Waals surface area (Å²) in [5, 5.41) is 8.60. The molecule has 0 aromatic carbocycles. The Kier molecular flexibility index (Phi) is 4.36. The van der Waals surface area contributed by atoms with Crippen molar-refractivity contribution in [1.29, 1.82) is 0 Å². The minimum atomic E-state index is 0.475. The van der Waals surface area contributed by atoms with Crippen LogP contribution in [0.5, 0.6) is 0 Å². The lowest BCUT2D eigenvalue weighted by Crippen LogP contribution is -2.34. The minimum absolute atomic E-state index is 0.475. The van der Waals surface area contributed by atoms with Crippen LogP contribution in [0, 0.1) is 0 Å². The summed E-state index contributed by atoms with van der Waals surface area (Å²) in [7, 11) is 3.88. The minimum Gasteiger partial charge on any atom is -0.373 e. The quantitative estimate of drug-likeness (QED) is 0.794. The molecule has 0 radical (unpaired) electrons. The number of likely N-dealkylation sites (tertiary alicyclic amines) is 1. The maximum Gasteiger partial charge on any atom is 0.157 e. The van der Waals surface area contributed by atoms with E-state index in [1.807, 2.05) is 37.2 Å². The molecule has 1 atom stereocenters. The van der Waals surface area contributed by atoms with E-state index < -0.39 is 0 Å². The van der Waals surface area contributed by atoms with E-state index in [1.165, 1.54) is 24.1 Å². The Balaban J connectivity index is 1.52. The Labute approximate surface area is 147 Å². The number of aromatic nitrogens is 4. The summed E-state index contributed by atoms with van der Waals surface area (Å²) in [4.78, 5) is 11.8. The standard InChI is InChI=1S/C19H24N6/c1-20-18-16(5-3-9-21-18)13-25-10-4-6-15(12-25)17-8-7-14-11-22-24(2)19(14)23-17/h3,5,7-9,11,15H,4,6,10,12-13H2,1-2H3,(H,20,21)/t15-/m0/s1. The van der Waals surface area contributed by atoms with Crippen molar-refractivity contribution in [2.45, 2.75) is 25.3 Å². The molecule has 130 valence electrons. The van der Waals surface area contributed by atoms with E-state index in [4.69, 9.17) is 4.98 Å². The van der Waals surface area contributed by atoms with E-state index in [2.05, 4.69) is 38.5 Å². The highest BCUT2D eigenvalue weighted by molar-refractivity contribution is 5.74. The summed E-state index contributed by atoms with van der Waals surface area (Å²) in [6.07, 6.45) is 6.10. The average molecular weight is 336 g/mol. The zero-order valence-corrected chi connectivity index (χ0v) is 14.8. The van der Waals surface area contributed by atoms with E-state index in [0.717, 1.165) is 36.5 Å². The van der Waals surface area contributed by atoms with Gasteiger partial charge in [0, 0.05) is 55.9 Å². The summed E-state index contributed by atoms with van der Waals surface area (Å²) in [5.74, 6) is 1.45. The molecule has 4 heterocycles. The Hall–Kier alpha value is -2.47. The molecule has 1 aliphatic heterocycles. The fourth-order valence-electron chi connectivity index (χ4n) is 3.74. The molecule has 0 amide bonds. The van der Waals surface area contributed by atoms with Gasteiger partial charge in [0.1, 0.15) is 5.82 Å². The third kappa shape index (κ3) is 3.22. The molecule has 0 aliphatic carbocycles. The molecule has 1 N–H and O–H groups in total. The van der Waals surface area contributed by atoms with Gasteiger partial charge in [-0.25, -0.2) is 9.97 Å². The van der Waals surface area contributed by atoms with E-state index >= 15 is 0 Å². The largest absolute Gasteiger partial charge is 0.373 e. The zero-order valence-electron chi connectivity index (χ0n) is 14.8. The second kappa shape index (κ2) is 6.80. The molecule has 1 aliphatic rings. The van der Waals surface area contributed by atoms with Gasteiger partial charge in [0.05, 0.1) is 6.20 Å². The molecule has 0 spiro atoms. The lowest BCUT2D eigenvalue weighted by molar-refractivity contribution is 0.199. The van der Waals surface area contributed by atoms with Crippen molar-refractivity contribution in [2.24, 2.45) is 7.05 Å². The Morgan fingerprint density at radius 3 is 3.08 bits per heavy atom. The molecule has 25 heavy (non-hydrogen) atoms. The third-order valence-corrected chi connectivity index (χ3v) is 5.05. The molecule has 4 rings (SSSR count). The number of rotatable bonds is 4. The number of piperidine rings is 1. The smallest absolute Gasteiger partial charge is 0.157 e. The van der Waals surface area contributed by atoms with Gasteiger partial charge in [-0.1, -0.05) is 6.07 Å². The molecule has 3 aromatic heterocycles. The highest BCUT2D eigenvalue weighted by atomic mass is 15.3. The van der Waals surface area contributed by atoms with Crippen LogP contribution in [-0.4, -0.2) is 44.8 Å². The first-order valence-electron chi connectivity index (χ1n) is 8.87. The molecule has 1 saturated heterocycles. The first-order valence-corrected chi connectivity index (χ1v) is 8.87. The molecule has 0 bridgehead atoms.